The van der Waals surface area contributed by atoms with Crippen LogP contribution in [-0.2, 0) is 0 Å². The average Bonchev–Trinajstić information content (AvgIpc) is 2.85. The van der Waals surface area contributed by atoms with Crippen molar-refractivity contribution in [1.29, 1.82) is 0 Å². The minimum Gasteiger partial charge on any atom is -1.00 e. The fraction of sp³-hybridized carbons (Fsp3) is 0.222. The average molecular weight is 434 g/mol. The molecule has 1 aliphatic heterocycles. The van der Waals surface area contributed by atoms with Gasteiger partial charge in [0.25, 0.3) is 0 Å². The molecule has 1 heterocycles. The van der Waals surface area contributed by atoms with Crippen LogP contribution in [0.15, 0.2) is 30.3 Å². The van der Waals surface area contributed by atoms with Crippen LogP contribution in [0.25, 0.3) is 0 Å². The van der Waals surface area contributed by atoms with Crippen LogP contribution < -0.4 is 22.2 Å². The molecule has 0 saturated heterocycles. The van der Waals surface area contributed by atoms with Crippen LogP contribution in [0.4, 0.5) is 11.4 Å². The van der Waals surface area contributed by atoms with Crippen molar-refractivity contribution in [3.05, 3.63) is 56.5 Å². The smallest absolute Gasteiger partial charge is 0.359 e. The number of hydrogen-bond donors (Lipinski definition) is 1. The third-order valence-electron chi connectivity index (χ3n) is 4.37. The highest BCUT2D eigenvalue weighted by atomic mass is 35.5. The Balaban J connectivity index is 0.00000243. The van der Waals surface area contributed by atoms with E-state index in [1.807, 2.05) is 12.1 Å². The van der Waals surface area contributed by atoms with Gasteiger partial charge in [0.15, 0.2) is 0 Å². The molecule has 138 valence electrons. The Labute approximate surface area is 173 Å². The van der Waals surface area contributed by atoms with E-state index in [1.165, 1.54) is 6.07 Å². The number of nitrogens with one attached hydrogen (secondary N) is 1. The van der Waals surface area contributed by atoms with Crippen LogP contribution in [0, 0.1) is 0 Å². The van der Waals surface area contributed by atoms with Crippen molar-refractivity contribution in [2.24, 2.45) is 0 Å². The van der Waals surface area contributed by atoms with Crippen molar-refractivity contribution in [1.82, 2.24) is 0 Å². The summed E-state index contributed by atoms with van der Waals surface area (Å²) in [7, 11) is 0. The van der Waals surface area contributed by atoms with Crippen molar-refractivity contribution < 1.29 is 26.9 Å². The number of imide groups is 1. The van der Waals surface area contributed by atoms with E-state index in [4.69, 9.17) is 34.8 Å². The molecule has 1 atom stereocenters. The van der Waals surface area contributed by atoms with Crippen molar-refractivity contribution >= 4 is 58.0 Å². The monoisotopic (exact) mass is 432 g/mol. The molecule has 0 saturated carbocycles. The number of benzene rings is 2. The van der Waals surface area contributed by atoms with Gasteiger partial charge in [-0.1, -0.05) is 34.8 Å². The first-order valence-electron chi connectivity index (χ1n) is 7.89. The highest BCUT2D eigenvalue weighted by molar-refractivity contribution is 6.50. The summed E-state index contributed by atoms with van der Waals surface area (Å²) < 4.78 is 0. The van der Waals surface area contributed by atoms with Gasteiger partial charge >= 0.3 is 11.8 Å². The van der Waals surface area contributed by atoms with Crippen molar-refractivity contribution in [3.63, 3.8) is 0 Å². The Morgan fingerprint density at radius 1 is 0.923 bits per heavy atom. The maximum atomic E-state index is 12.8. The van der Waals surface area contributed by atoms with Gasteiger partial charge in [0.2, 0.25) is 0 Å². The third-order valence-corrected chi connectivity index (χ3v) is 5.63. The molecule has 2 aromatic rings. The lowest BCUT2D eigenvalue weighted by Crippen LogP contribution is -3.10. The Kier molecular flexibility index (Phi) is 6.59. The van der Waals surface area contributed by atoms with Gasteiger partial charge in [-0.3, -0.25) is 0 Å². The predicted molar refractivity (Wildman–Crippen MR) is 101 cm³/mol. The van der Waals surface area contributed by atoms with Gasteiger partial charge in [-0.15, -0.1) is 0 Å². The number of fused-ring (bicyclic) bond motifs is 1. The summed E-state index contributed by atoms with van der Waals surface area (Å²) in [6, 6.07) is 8.77. The SMILES string of the molecule is CCN(CC)c1ccc([NH+]2C(=O)c3cc(Cl)c(Cl)c(Cl)c3C2=O)cc1.[Cl-]. The van der Waals surface area contributed by atoms with Crippen LogP contribution in [0.1, 0.15) is 34.6 Å². The number of carbonyl (C=O) groups excluding carboxylic acids is 2. The molecule has 0 spiro atoms. The number of carbonyl (C=O) groups is 2. The second-order valence-corrected chi connectivity index (χ2v) is 6.82. The molecule has 1 N–H and O–H groups in total. The fourth-order valence-electron chi connectivity index (χ4n) is 3.05. The quantitative estimate of drug-likeness (QED) is 0.577. The normalized spacial score (nSPS) is 15.7. The minimum atomic E-state index is -0.417. The molecular formula is C18H16Cl4N2O2. The first-order valence-corrected chi connectivity index (χ1v) is 9.03. The number of hydrogen-bond acceptors (Lipinski definition) is 3. The van der Waals surface area contributed by atoms with Crippen LogP contribution in [-0.4, -0.2) is 24.9 Å². The Morgan fingerprint density at radius 2 is 1.50 bits per heavy atom. The predicted octanol–water partition coefficient (Wildman–Crippen LogP) is 1.01. The number of anilines is 1. The lowest BCUT2D eigenvalue weighted by atomic mass is 10.1. The highest BCUT2D eigenvalue weighted by Gasteiger charge is 2.46. The summed E-state index contributed by atoms with van der Waals surface area (Å²) in [6.07, 6.45) is 0. The number of rotatable bonds is 4. The van der Waals surface area contributed by atoms with Crippen molar-refractivity contribution in [2.45, 2.75) is 13.8 Å². The molecule has 2 amide bonds. The maximum Gasteiger partial charge on any atom is 0.359 e. The largest absolute Gasteiger partial charge is 1.00 e. The van der Waals surface area contributed by atoms with E-state index in [0.717, 1.165) is 18.8 Å². The summed E-state index contributed by atoms with van der Waals surface area (Å²) >= 11 is 18.2. The van der Waals surface area contributed by atoms with Gasteiger partial charge < -0.3 is 17.3 Å². The zero-order valence-corrected chi connectivity index (χ0v) is 17.1. The molecule has 0 aliphatic carbocycles. The summed E-state index contributed by atoms with van der Waals surface area (Å²) in [5, 5.41) is 0.267. The summed E-state index contributed by atoms with van der Waals surface area (Å²) in [5.41, 5.74) is 1.93. The fourth-order valence-corrected chi connectivity index (χ4v) is 3.74. The molecule has 0 fully saturated rings. The zero-order chi connectivity index (χ0) is 18.3. The molecule has 1 aliphatic rings. The van der Waals surface area contributed by atoms with E-state index in [2.05, 4.69) is 18.7 Å². The lowest BCUT2D eigenvalue weighted by molar-refractivity contribution is -0.640. The molecule has 0 aromatic heterocycles. The number of nitrogens with zero attached hydrogens (tertiary/aromatic N) is 1. The second-order valence-electron chi connectivity index (χ2n) is 5.66. The Hall–Kier alpha value is -1.30. The van der Waals surface area contributed by atoms with Gasteiger partial charge in [-0.25, -0.2) is 9.59 Å². The van der Waals surface area contributed by atoms with Gasteiger partial charge in [-0.05, 0) is 32.0 Å². The van der Waals surface area contributed by atoms with Crippen molar-refractivity contribution in [3.8, 4) is 0 Å². The zero-order valence-electron chi connectivity index (χ0n) is 14.1. The second kappa shape index (κ2) is 8.15. The first kappa shape index (κ1) is 21.0. The topological polar surface area (TPSA) is 41.8 Å². The van der Waals surface area contributed by atoms with Gasteiger partial charge in [-0.2, -0.15) is 4.90 Å². The van der Waals surface area contributed by atoms with Crippen LogP contribution >= 0.6 is 34.8 Å². The molecule has 0 bridgehead atoms. The van der Waals surface area contributed by atoms with E-state index in [1.54, 1.807) is 12.1 Å². The van der Waals surface area contributed by atoms with E-state index in [9.17, 15) is 9.59 Å². The Bertz CT molecular complexity index is 864. The maximum absolute atomic E-state index is 12.8. The molecule has 0 radical (unpaired) electrons. The van der Waals surface area contributed by atoms with E-state index >= 15 is 0 Å². The Morgan fingerprint density at radius 3 is 2.04 bits per heavy atom. The standard InChI is InChI=1S/C18H15Cl3N2O2.ClH/c1-3-22(4-2)10-5-7-11(8-6-10)23-17(24)12-9-13(19)15(20)16(21)14(12)18(23)25;/h5-9H,3-4H2,1-2H3;1H. The van der Waals surface area contributed by atoms with Gasteiger partial charge in [0.1, 0.15) is 16.8 Å². The van der Waals surface area contributed by atoms with Crippen LogP contribution in [0.3, 0.4) is 0 Å². The summed E-state index contributed by atoms with van der Waals surface area (Å²) in [4.78, 5) is 27.8. The third kappa shape index (κ3) is 3.32. The highest BCUT2D eigenvalue weighted by Crippen LogP contribution is 2.36. The van der Waals surface area contributed by atoms with E-state index in [0.29, 0.717) is 5.69 Å². The summed E-state index contributed by atoms with van der Waals surface area (Å²) in [5.74, 6) is -0.796. The van der Waals surface area contributed by atoms with E-state index < -0.39 is 5.91 Å². The molecule has 8 heteroatoms. The number of quaternary nitrogens is 1. The first-order chi connectivity index (χ1) is 11.9. The van der Waals surface area contributed by atoms with Crippen molar-refractivity contribution in [2.75, 3.05) is 18.0 Å². The molecular weight excluding hydrogens is 418 g/mol. The molecule has 2 aromatic carbocycles. The number of amides is 2. The van der Waals surface area contributed by atoms with Crippen LogP contribution in [0.2, 0.25) is 15.1 Å². The molecule has 1 unspecified atom stereocenters. The summed E-state index contributed by atoms with van der Waals surface area (Å²) in [6.45, 7) is 5.90. The number of halogens is 4. The van der Waals surface area contributed by atoms with Gasteiger partial charge in [0, 0.05) is 30.9 Å². The molecule has 4 nitrogen and oxygen atoms in total. The lowest BCUT2D eigenvalue weighted by Gasteiger charge is -2.21. The van der Waals surface area contributed by atoms with E-state index in [-0.39, 0.29) is 49.4 Å². The molecule has 3 rings (SSSR count). The molecule has 26 heavy (non-hydrogen) atoms. The van der Waals surface area contributed by atoms with Gasteiger partial charge in [0.05, 0.1) is 15.1 Å². The minimum absolute atomic E-state index is 0. The van der Waals surface area contributed by atoms with Crippen LogP contribution in [0.5, 0.6) is 0 Å².